The molecule has 5 heteroatoms. The van der Waals surface area contributed by atoms with Crippen LogP contribution in [0.2, 0.25) is 6.32 Å². The Kier molecular flexibility index (Phi) is 8.43. The van der Waals surface area contributed by atoms with Crippen LogP contribution in [-0.2, 0) is 13.0 Å². The summed E-state index contributed by atoms with van der Waals surface area (Å²) in [6.07, 6.45) is 6.55. The summed E-state index contributed by atoms with van der Waals surface area (Å²) in [5.74, 6) is 0.673. The summed E-state index contributed by atoms with van der Waals surface area (Å²) >= 11 is 0. The van der Waals surface area contributed by atoms with Crippen LogP contribution < -0.4 is 5.73 Å². The molecule has 1 aliphatic heterocycles. The van der Waals surface area contributed by atoms with Crippen LogP contribution in [0.3, 0.4) is 0 Å². The second-order valence-corrected chi connectivity index (χ2v) is 8.05. The highest BCUT2D eigenvalue weighted by Gasteiger charge is 2.26. The molecule has 0 saturated heterocycles. The van der Waals surface area contributed by atoms with Gasteiger partial charge >= 0.3 is 7.12 Å². The Balaban J connectivity index is 1.83. The van der Waals surface area contributed by atoms with Gasteiger partial charge in [-0.15, -0.1) is 0 Å². The lowest BCUT2D eigenvalue weighted by atomic mass is 9.83. The highest BCUT2D eigenvalue weighted by molar-refractivity contribution is 6.40. The van der Waals surface area contributed by atoms with Crippen LogP contribution in [-0.4, -0.2) is 40.7 Å². The minimum absolute atomic E-state index is 0.217. The first-order valence-electron chi connectivity index (χ1n) is 9.88. The van der Waals surface area contributed by atoms with Crippen LogP contribution >= 0.6 is 0 Å². The van der Waals surface area contributed by atoms with Crippen LogP contribution in [0.4, 0.5) is 0 Å². The van der Waals surface area contributed by atoms with Gasteiger partial charge in [0.25, 0.3) is 0 Å². The van der Waals surface area contributed by atoms with E-state index in [1.165, 1.54) is 11.1 Å². The monoisotopic (exact) mass is 346 g/mol. The largest absolute Gasteiger partial charge is 0.451 e. The molecule has 1 aromatic rings. The van der Waals surface area contributed by atoms with Gasteiger partial charge in [-0.1, -0.05) is 51.0 Å². The summed E-state index contributed by atoms with van der Waals surface area (Å²) in [7, 11) is -1.18. The third kappa shape index (κ3) is 7.10. The summed E-state index contributed by atoms with van der Waals surface area (Å²) < 4.78 is 0. The van der Waals surface area contributed by atoms with Crippen molar-refractivity contribution < 1.29 is 10.0 Å². The maximum absolute atomic E-state index is 8.89. The fourth-order valence-corrected chi connectivity index (χ4v) is 3.89. The first-order chi connectivity index (χ1) is 12.0. The zero-order valence-electron chi connectivity index (χ0n) is 15.9. The van der Waals surface area contributed by atoms with Crippen molar-refractivity contribution in [2.75, 3.05) is 6.54 Å². The smallest absolute Gasteiger partial charge is 0.427 e. The molecule has 2 unspecified atom stereocenters. The maximum atomic E-state index is 8.89. The summed E-state index contributed by atoms with van der Waals surface area (Å²) in [6.45, 7) is 6.78. The van der Waals surface area contributed by atoms with E-state index in [0.717, 1.165) is 51.6 Å². The van der Waals surface area contributed by atoms with E-state index in [2.05, 4.69) is 43.0 Å². The average molecular weight is 346 g/mol. The molecule has 1 heterocycles. The number of benzene rings is 1. The molecule has 0 aromatic heterocycles. The highest BCUT2D eigenvalue weighted by Crippen LogP contribution is 2.27. The summed E-state index contributed by atoms with van der Waals surface area (Å²) in [6, 6.07) is 9.63. The predicted molar refractivity (Wildman–Crippen MR) is 105 cm³/mol. The van der Waals surface area contributed by atoms with E-state index < -0.39 is 7.12 Å². The van der Waals surface area contributed by atoms with E-state index in [4.69, 9.17) is 15.8 Å². The first kappa shape index (κ1) is 20.4. The minimum Gasteiger partial charge on any atom is -0.427 e. The number of unbranched alkanes of at least 4 members (excludes halogenated alkanes) is 1. The number of nitrogens with two attached hydrogens (primary N) is 1. The Hall–Kier alpha value is -0.875. The standard InChI is InChI=1S/C20H35BN2O2/c1-16(2)14-23-15-18-8-4-3-7-17(18)13-20(23)11-10-19(22)9-5-6-12-21(24)25/h3-4,7-8,16,19-20,24-25H,5-6,9-15,22H2,1-2H3. The van der Waals surface area contributed by atoms with E-state index >= 15 is 0 Å². The molecule has 0 fully saturated rings. The van der Waals surface area contributed by atoms with Gasteiger partial charge in [0.2, 0.25) is 0 Å². The van der Waals surface area contributed by atoms with Crippen LogP contribution in [0.5, 0.6) is 0 Å². The molecule has 1 aromatic carbocycles. The molecule has 140 valence electrons. The van der Waals surface area contributed by atoms with Crippen molar-refractivity contribution in [3.63, 3.8) is 0 Å². The molecule has 2 atom stereocenters. The molecule has 0 radical (unpaired) electrons. The molecule has 4 N–H and O–H groups in total. The van der Waals surface area contributed by atoms with Crippen LogP contribution in [0.1, 0.15) is 57.1 Å². The van der Waals surface area contributed by atoms with Crippen molar-refractivity contribution in [2.45, 2.75) is 77.3 Å². The fraction of sp³-hybridized carbons (Fsp3) is 0.700. The Bertz CT molecular complexity index is 510. The van der Waals surface area contributed by atoms with Crippen LogP contribution in [0, 0.1) is 5.92 Å². The van der Waals surface area contributed by atoms with E-state index in [1.807, 2.05) is 0 Å². The van der Waals surface area contributed by atoms with Gasteiger partial charge in [0.1, 0.15) is 0 Å². The molecule has 25 heavy (non-hydrogen) atoms. The lowest BCUT2D eigenvalue weighted by molar-refractivity contribution is 0.140. The zero-order chi connectivity index (χ0) is 18.2. The fourth-order valence-electron chi connectivity index (χ4n) is 3.89. The maximum Gasteiger partial charge on any atom is 0.451 e. The van der Waals surface area contributed by atoms with Crippen molar-refractivity contribution in [3.8, 4) is 0 Å². The van der Waals surface area contributed by atoms with Gasteiger partial charge in [0.15, 0.2) is 0 Å². The van der Waals surface area contributed by atoms with Crippen molar-refractivity contribution in [2.24, 2.45) is 11.7 Å². The molecule has 4 nitrogen and oxygen atoms in total. The number of rotatable bonds is 10. The molecule has 0 aliphatic carbocycles. The number of hydrogen-bond acceptors (Lipinski definition) is 4. The quantitative estimate of drug-likeness (QED) is 0.450. The second-order valence-electron chi connectivity index (χ2n) is 8.05. The Morgan fingerprint density at radius 3 is 2.56 bits per heavy atom. The zero-order valence-corrected chi connectivity index (χ0v) is 15.9. The van der Waals surface area contributed by atoms with Crippen molar-refractivity contribution in [3.05, 3.63) is 35.4 Å². The molecule has 0 spiro atoms. The van der Waals surface area contributed by atoms with Gasteiger partial charge in [0.05, 0.1) is 0 Å². The van der Waals surface area contributed by atoms with Gasteiger partial charge in [-0.25, -0.2) is 0 Å². The Morgan fingerprint density at radius 1 is 1.16 bits per heavy atom. The summed E-state index contributed by atoms with van der Waals surface area (Å²) in [4.78, 5) is 2.64. The average Bonchev–Trinajstić information content (AvgIpc) is 2.56. The Labute approximate surface area is 153 Å². The number of nitrogens with zero attached hydrogens (tertiary/aromatic N) is 1. The van der Waals surface area contributed by atoms with Gasteiger partial charge in [0, 0.05) is 25.2 Å². The van der Waals surface area contributed by atoms with Crippen LogP contribution in [0.25, 0.3) is 0 Å². The molecular weight excluding hydrogens is 311 g/mol. The molecule has 2 rings (SSSR count). The third-order valence-corrected chi connectivity index (χ3v) is 5.22. The lowest BCUT2D eigenvalue weighted by Gasteiger charge is -2.38. The van der Waals surface area contributed by atoms with E-state index in [-0.39, 0.29) is 6.04 Å². The third-order valence-electron chi connectivity index (χ3n) is 5.22. The minimum atomic E-state index is -1.18. The molecule has 1 aliphatic rings. The van der Waals surface area contributed by atoms with Crippen LogP contribution in [0.15, 0.2) is 24.3 Å². The first-order valence-corrected chi connectivity index (χ1v) is 9.88. The van der Waals surface area contributed by atoms with Crippen molar-refractivity contribution >= 4 is 7.12 Å². The molecular formula is C20H35BN2O2. The summed E-state index contributed by atoms with van der Waals surface area (Å²) in [5.41, 5.74) is 9.28. The van der Waals surface area contributed by atoms with Crippen molar-refractivity contribution in [1.29, 1.82) is 0 Å². The summed E-state index contributed by atoms with van der Waals surface area (Å²) in [5, 5.41) is 17.8. The Morgan fingerprint density at radius 2 is 1.88 bits per heavy atom. The number of hydrogen-bond donors (Lipinski definition) is 3. The molecule has 0 bridgehead atoms. The van der Waals surface area contributed by atoms with E-state index in [0.29, 0.717) is 18.3 Å². The van der Waals surface area contributed by atoms with Gasteiger partial charge in [-0.05, 0) is 49.0 Å². The van der Waals surface area contributed by atoms with E-state index in [1.54, 1.807) is 0 Å². The lowest BCUT2D eigenvalue weighted by Crippen LogP contribution is -2.43. The van der Waals surface area contributed by atoms with Gasteiger partial charge in [-0.3, -0.25) is 4.90 Å². The molecule has 0 saturated carbocycles. The normalized spacial score (nSPS) is 19.0. The second kappa shape index (κ2) is 10.3. The molecule has 0 amide bonds. The SMILES string of the molecule is CC(C)CN1Cc2ccccc2CC1CCC(N)CCCCB(O)O. The van der Waals surface area contributed by atoms with Crippen molar-refractivity contribution in [1.82, 2.24) is 4.90 Å². The predicted octanol–water partition coefficient (Wildman–Crippen LogP) is 2.82. The highest BCUT2D eigenvalue weighted by atomic mass is 16.4. The van der Waals surface area contributed by atoms with Gasteiger partial charge < -0.3 is 15.8 Å². The van der Waals surface area contributed by atoms with Gasteiger partial charge in [-0.2, -0.15) is 0 Å². The number of fused-ring (bicyclic) bond motifs is 1. The van der Waals surface area contributed by atoms with E-state index in [9.17, 15) is 0 Å². The topological polar surface area (TPSA) is 69.7 Å².